The fraction of sp³-hybridized carbons (Fsp3) is 0.765. The van der Waals surface area contributed by atoms with Gasteiger partial charge in [-0.2, -0.15) is 12.6 Å². The van der Waals surface area contributed by atoms with Gasteiger partial charge in [0.2, 0.25) is 17.7 Å². The number of nitrogens with two attached hydrogens (primary N) is 1. The number of rotatable bonds is 12. The van der Waals surface area contributed by atoms with E-state index in [1.54, 1.807) is 6.92 Å². The van der Waals surface area contributed by atoms with E-state index in [0.29, 0.717) is 6.42 Å². The molecule has 0 rings (SSSR count). The van der Waals surface area contributed by atoms with Crippen LogP contribution in [0.5, 0.6) is 0 Å². The van der Waals surface area contributed by atoms with Crippen molar-refractivity contribution in [3.05, 3.63) is 0 Å². The quantitative estimate of drug-likeness (QED) is 0.242. The van der Waals surface area contributed by atoms with Crippen LogP contribution in [0.4, 0.5) is 0 Å². The van der Waals surface area contributed by atoms with Gasteiger partial charge in [-0.05, 0) is 11.8 Å². The van der Waals surface area contributed by atoms with Crippen molar-refractivity contribution in [2.75, 3.05) is 12.3 Å². The van der Waals surface area contributed by atoms with Crippen LogP contribution in [0, 0.1) is 11.8 Å². The Bertz CT molecular complexity index is 531. The van der Waals surface area contributed by atoms with Gasteiger partial charge in [-0.15, -0.1) is 0 Å². The minimum atomic E-state index is -1.20. The Kier molecular flexibility index (Phi) is 11.7. The van der Waals surface area contributed by atoms with Crippen molar-refractivity contribution in [2.24, 2.45) is 17.6 Å². The van der Waals surface area contributed by atoms with E-state index in [1.807, 2.05) is 20.8 Å². The molecule has 3 amide bonds. The number of hydrogen-bond acceptors (Lipinski definition) is 6. The topological polar surface area (TPSA) is 151 Å². The second-order valence-electron chi connectivity index (χ2n) is 6.64. The number of carbonyl (C=O) groups excluding carboxylic acids is 3. The Hall–Kier alpha value is -1.81. The zero-order chi connectivity index (χ0) is 21.1. The number of hydrogen-bond donors (Lipinski definition) is 6. The van der Waals surface area contributed by atoms with E-state index < -0.39 is 48.4 Å². The molecule has 0 aromatic heterocycles. The molecule has 5 atom stereocenters. The lowest BCUT2D eigenvalue weighted by molar-refractivity contribution is -0.138. The highest BCUT2D eigenvalue weighted by Crippen LogP contribution is 2.11. The van der Waals surface area contributed by atoms with Crippen molar-refractivity contribution in [3.8, 4) is 0 Å². The molecular formula is C17H32N4O5S. The van der Waals surface area contributed by atoms with E-state index in [0.717, 1.165) is 6.42 Å². The second kappa shape index (κ2) is 12.6. The molecule has 0 bridgehead atoms. The van der Waals surface area contributed by atoms with Gasteiger partial charge < -0.3 is 26.8 Å². The van der Waals surface area contributed by atoms with Gasteiger partial charge in [0.1, 0.15) is 18.6 Å². The van der Waals surface area contributed by atoms with Crippen LogP contribution in [-0.2, 0) is 19.2 Å². The molecule has 0 saturated heterocycles. The SMILES string of the molecule is CC[C@H](C)[C@H](N)C(=O)N[C@H](C(=O)N[C@@H](CS)C(=O)NCC(=O)O)[C@@H](C)CC. The molecule has 0 aromatic carbocycles. The van der Waals surface area contributed by atoms with Gasteiger partial charge in [0.05, 0.1) is 6.04 Å². The zero-order valence-corrected chi connectivity index (χ0v) is 17.2. The first-order valence-electron chi connectivity index (χ1n) is 9.05. The highest BCUT2D eigenvalue weighted by atomic mass is 32.1. The molecule has 0 aliphatic carbocycles. The largest absolute Gasteiger partial charge is 0.480 e. The van der Waals surface area contributed by atoms with Gasteiger partial charge in [-0.3, -0.25) is 19.2 Å². The Morgan fingerprint density at radius 3 is 1.96 bits per heavy atom. The maximum absolute atomic E-state index is 12.7. The van der Waals surface area contributed by atoms with Crippen LogP contribution >= 0.6 is 12.6 Å². The lowest BCUT2D eigenvalue weighted by Crippen LogP contribution is -2.58. The van der Waals surface area contributed by atoms with Gasteiger partial charge in [-0.25, -0.2) is 0 Å². The summed E-state index contributed by atoms with van der Waals surface area (Å²) >= 11 is 4.03. The second-order valence-corrected chi connectivity index (χ2v) is 7.00. The lowest BCUT2D eigenvalue weighted by Gasteiger charge is -2.28. The molecule has 0 fully saturated rings. The summed E-state index contributed by atoms with van der Waals surface area (Å²) in [5.74, 6) is -3.09. The number of nitrogens with one attached hydrogen (secondary N) is 3. The smallest absolute Gasteiger partial charge is 0.322 e. The number of carboxylic acid groups (broad SMARTS) is 1. The van der Waals surface area contributed by atoms with Crippen LogP contribution in [0.3, 0.4) is 0 Å². The normalized spacial score (nSPS) is 16.4. The molecule has 6 N–H and O–H groups in total. The predicted octanol–water partition coefficient (Wildman–Crippen LogP) is -0.494. The van der Waals surface area contributed by atoms with E-state index in [4.69, 9.17) is 10.8 Å². The standard InChI is InChI=1S/C17H32N4O5S/c1-5-9(3)13(18)16(25)21-14(10(4)6-2)17(26)20-11(8-27)15(24)19-7-12(22)23/h9-11,13-14,27H,5-8,18H2,1-4H3,(H,19,24)(H,20,26)(H,21,25)(H,22,23)/t9-,10-,11-,13-,14-/m0/s1. The molecule has 0 aromatic rings. The first kappa shape index (κ1) is 25.2. The van der Waals surface area contributed by atoms with Crippen LogP contribution in [0.2, 0.25) is 0 Å². The molecular weight excluding hydrogens is 372 g/mol. The Morgan fingerprint density at radius 2 is 1.52 bits per heavy atom. The van der Waals surface area contributed by atoms with E-state index in [1.165, 1.54) is 0 Å². The van der Waals surface area contributed by atoms with Gasteiger partial charge in [0.15, 0.2) is 0 Å². The van der Waals surface area contributed by atoms with Crippen molar-refractivity contribution in [2.45, 2.75) is 58.7 Å². The monoisotopic (exact) mass is 404 g/mol. The molecule has 9 nitrogen and oxygen atoms in total. The summed E-state index contributed by atoms with van der Waals surface area (Å²) in [4.78, 5) is 47.6. The zero-order valence-electron chi connectivity index (χ0n) is 16.3. The summed E-state index contributed by atoms with van der Waals surface area (Å²) in [6.07, 6.45) is 1.34. The predicted molar refractivity (Wildman–Crippen MR) is 105 cm³/mol. The van der Waals surface area contributed by atoms with Crippen LogP contribution in [-0.4, -0.2) is 59.2 Å². The third-order valence-electron chi connectivity index (χ3n) is 4.58. The van der Waals surface area contributed by atoms with Crippen molar-refractivity contribution < 1.29 is 24.3 Å². The van der Waals surface area contributed by atoms with Gasteiger partial charge >= 0.3 is 5.97 Å². The average Bonchev–Trinajstić information content (AvgIpc) is 2.65. The summed E-state index contributed by atoms with van der Waals surface area (Å²) in [6, 6.07) is -2.63. The first-order valence-corrected chi connectivity index (χ1v) is 9.68. The summed E-state index contributed by atoms with van der Waals surface area (Å²) in [5.41, 5.74) is 5.93. The highest BCUT2D eigenvalue weighted by molar-refractivity contribution is 7.80. The summed E-state index contributed by atoms with van der Waals surface area (Å²) in [6.45, 7) is 6.89. The molecule has 0 spiro atoms. The van der Waals surface area contributed by atoms with Crippen LogP contribution in [0.1, 0.15) is 40.5 Å². The minimum absolute atomic E-state index is 0.0231. The van der Waals surface area contributed by atoms with Crippen LogP contribution in [0.25, 0.3) is 0 Å². The maximum atomic E-state index is 12.7. The Morgan fingerprint density at radius 1 is 0.963 bits per heavy atom. The van der Waals surface area contributed by atoms with Crippen molar-refractivity contribution in [1.29, 1.82) is 0 Å². The fourth-order valence-corrected chi connectivity index (χ4v) is 2.46. The summed E-state index contributed by atoms with van der Waals surface area (Å²) < 4.78 is 0. The Balaban J connectivity index is 5.12. The van der Waals surface area contributed by atoms with E-state index in [-0.39, 0.29) is 17.6 Å². The number of carboxylic acids is 1. The molecule has 0 aliphatic heterocycles. The van der Waals surface area contributed by atoms with Crippen molar-refractivity contribution >= 4 is 36.3 Å². The third kappa shape index (κ3) is 8.61. The number of amides is 3. The summed E-state index contributed by atoms with van der Waals surface area (Å²) in [5, 5.41) is 16.0. The number of thiol groups is 1. The van der Waals surface area contributed by atoms with E-state index in [2.05, 4.69) is 28.6 Å². The summed E-state index contributed by atoms with van der Waals surface area (Å²) in [7, 11) is 0. The molecule has 0 saturated carbocycles. The molecule has 0 radical (unpaired) electrons. The fourth-order valence-electron chi connectivity index (χ4n) is 2.21. The molecule has 27 heavy (non-hydrogen) atoms. The van der Waals surface area contributed by atoms with Gasteiger partial charge in [-0.1, -0.05) is 40.5 Å². The minimum Gasteiger partial charge on any atom is -0.480 e. The van der Waals surface area contributed by atoms with E-state index >= 15 is 0 Å². The number of aliphatic carboxylic acids is 1. The molecule has 0 heterocycles. The highest BCUT2D eigenvalue weighted by Gasteiger charge is 2.31. The Labute approximate surface area is 165 Å². The molecule has 0 aliphatic rings. The van der Waals surface area contributed by atoms with Gasteiger partial charge in [0, 0.05) is 5.75 Å². The maximum Gasteiger partial charge on any atom is 0.322 e. The van der Waals surface area contributed by atoms with Crippen LogP contribution < -0.4 is 21.7 Å². The molecule has 156 valence electrons. The first-order chi connectivity index (χ1) is 12.6. The van der Waals surface area contributed by atoms with Crippen molar-refractivity contribution in [3.63, 3.8) is 0 Å². The van der Waals surface area contributed by atoms with Gasteiger partial charge in [0.25, 0.3) is 0 Å². The van der Waals surface area contributed by atoms with Crippen molar-refractivity contribution in [1.82, 2.24) is 16.0 Å². The molecule has 10 heteroatoms. The van der Waals surface area contributed by atoms with Crippen LogP contribution in [0.15, 0.2) is 0 Å². The number of carbonyl (C=O) groups is 4. The third-order valence-corrected chi connectivity index (χ3v) is 4.95. The molecule has 0 unspecified atom stereocenters. The average molecular weight is 405 g/mol. The lowest BCUT2D eigenvalue weighted by atomic mass is 9.95. The van der Waals surface area contributed by atoms with E-state index in [9.17, 15) is 19.2 Å².